The SMILES string of the molecule is N#CC(=Cc1ccc2c(c1)OCO2)C(=O)Nc1ccc([N+](=O)[O-])cc1. The predicted molar refractivity (Wildman–Crippen MR) is 87.9 cm³/mol. The van der Waals surface area contributed by atoms with Crippen LogP contribution in [0.1, 0.15) is 5.56 Å². The van der Waals surface area contributed by atoms with Crippen LogP contribution >= 0.6 is 0 Å². The standard InChI is InChI=1S/C17H11N3O5/c18-9-12(7-11-1-6-15-16(8-11)25-10-24-15)17(21)19-13-2-4-14(5-3-13)20(22)23/h1-8H,10H2,(H,19,21). The number of amides is 1. The Hall–Kier alpha value is -3.86. The van der Waals surface area contributed by atoms with Crippen LogP contribution in [-0.2, 0) is 4.79 Å². The van der Waals surface area contributed by atoms with Crippen molar-refractivity contribution in [3.05, 3.63) is 63.7 Å². The van der Waals surface area contributed by atoms with E-state index in [9.17, 15) is 20.2 Å². The Morgan fingerprint density at radius 1 is 1.20 bits per heavy atom. The van der Waals surface area contributed by atoms with Gasteiger partial charge in [0.05, 0.1) is 4.92 Å². The zero-order chi connectivity index (χ0) is 17.8. The molecule has 1 amide bonds. The number of non-ortho nitro benzene ring substituents is 1. The van der Waals surface area contributed by atoms with Gasteiger partial charge in [-0.05, 0) is 35.9 Å². The van der Waals surface area contributed by atoms with E-state index < -0.39 is 10.8 Å². The summed E-state index contributed by atoms with van der Waals surface area (Å²) >= 11 is 0. The Bertz CT molecular complexity index is 913. The fourth-order valence-electron chi connectivity index (χ4n) is 2.18. The summed E-state index contributed by atoms with van der Waals surface area (Å²) in [4.78, 5) is 22.3. The molecule has 1 N–H and O–H groups in total. The van der Waals surface area contributed by atoms with Gasteiger partial charge in [0.2, 0.25) is 6.79 Å². The average molecular weight is 337 g/mol. The number of nitrogens with zero attached hydrogens (tertiary/aromatic N) is 2. The lowest BCUT2D eigenvalue weighted by Gasteiger charge is -2.04. The zero-order valence-electron chi connectivity index (χ0n) is 12.8. The number of rotatable bonds is 4. The third-order valence-corrected chi connectivity index (χ3v) is 3.41. The van der Waals surface area contributed by atoms with E-state index in [4.69, 9.17) is 9.47 Å². The largest absolute Gasteiger partial charge is 0.454 e. The molecule has 0 radical (unpaired) electrons. The normalized spacial score (nSPS) is 12.4. The zero-order valence-corrected chi connectivity index (χ0v) is 12.8. The lowest BCUT2D eigenvalue weighted by Crippen LogP contribution is -2.13. The topological polar surface area (TPSA) is 114 Å². The minimum absolute atomic E-state index is 0.0885. The maximum absolute atomic E-state index is 12.2. The molecular weight excluding hydrogens is 326 g/mol. The first-order valence-corrected chi connectivity index (χ1v) is 7.14. The number of carbonyl (C=O) groups excluding carboxylic acids is 1. The molecule has 0 atom stereocenters. The monoisotopic (exact) mass is 337 g/mol. The molecule has 0 saturated carbocycles. The Kier molecular flexibility index (Phi) is 4.30. The van der Waals surface area contributed by atoms with E-state index in [1.165, 1.54) is 30.3 Å². The van der Waals surface area contributed by atoms with Crippen molar-refractivity contribution in [3.63, 3.8) is 0 Å². The highest BCUT2D eigenvalue weighted by atomic mass is 16.7. The van der Waals surface area contributed by atoms with Gasteiger partial charge in [-0.2, -0.15) is 5.26 Å². The molecule has 2 aromatic carbocycles. The fourth-order valence-corrected chi connectivity index (χ4v) is 2.18. The number of nitriles is 1. The molecule has 0 aliphatic carbocycles. The number of carbonyl (C=O) groups is 1. The van der Waals surface area contributed by atoms with Gasteiger partial charge in [-0.1, -0.05) is 6.07 Å². The van der Waals surface area contributed by atoms with Gasteiger partial charge in [-0.25, -0.2) is 0 Å². The molecule has 0 unspecified atom stereocenters. The Balaban J connectivity index is 1.77. The molecule has 124 valence electrons. The fraction of sp³-hybridized carbons (Fsp3) is 0.0588. The van der Waals surface area contributed by atoms with E-state index in [1.54, 1.807) is 18.2 Å². The number of nitro groups is 1. The van der Waals surface area contributed by atoms with Crippen LogP contribution in [0.2, 0.25) is 0 Å². The molecular formula is C17H11N3O5. The van der Waals surface area contributed by atoms with Crippen molar-refractivity contribution in [1.29, 1.82) is 5.26 Å². The molecule has 0 saturated heterocycles. The molecule has 8 heteroatoms. The van der Waals surface area contributed by atoms with Gasteiger partial charge in [-0.15, -0.1) is 0 Å². The van der Waals surface area contributed by atoms with Crippen molar-refractivity contribution in [3.8, 4) is 17.6 Å². The maximum atomic E-state index is 12.2. The number of hydrogen-bond acceptors (Lipinski definition) is 6. The first-order chi connectivity index (χ1) is 12.1. The molecule has 1 aliphatic heterocycles. The number of nitro benzene ring substituents is 1. The second-order valence-electron chi connectivity index (χ2n) is 5.04. The highest BCUT2D eigenvalue weighted by Crippen LogP contribution is 2.33. The number of nitrogens with one attached hydrogen (secondary N) is 1. The lowest BCUT2D eigenvalue weighted by molar-refractivity contribution is -0.384. The molecule has 8 nitrogen and oxygen atoms in total. The van der Waals surface area contributed by atoms with Crippen LogP contribution in [0.5, 0.6) is 11.5 Å². The van der Waals surface area contributed by atoms with E-state index >= 15 is 0 Å². The van der Waals surface area contributed by atoms with Crippen molar-refractivity contribution in [2.75, 3.05) is 12.1 Å². The quantitative estimate of drug-likeness (QED) is 0.397. The molecule has 0 spiro atoms. The van der Waals surface area contributed by atoms with Crippen LogP contribution in [0.3, 0.4) is 0 Å². The Morgan fingerprint density at radius 3 is 2.60 bits per heavy atom. The third-order valence-electron chi connectivity index (χ3n) is 3.41. The molecule has 1 aliphatic rings. The van der Waals surface area contributed by atoms with Crippen molar-refractivity contribution in [2.24, 2.45) is 0 Å². The predicted octanol–water partition coefficient (Wildman–Crippen LogP) is 2.87. The van der Waals surface area contributed by atoms with Crippen LogP contribution in [0.25, 0.3) is 6.08 Å². The van der Waals surface area contributed by atoms with Gasteiger partial charge >= 0.3 is 0 Å². The minimum Gasteiger partial charge on any atom is -0.454 e. The van der Waals surface area contributed by atoms with Crippen molar-refractivity contribution in [2.45, 2.75) is 0 Å². The molecule has 3 rings (SSSR count). The lowest BCUT2D eigenvalue weighted by atomic mass is 10.1. The van der Waals surface area contributed by atoms with Gasteiger partial charge in [0.15, 0.2) is 11.5 Å². The van der Waals surface area contributed by atoms with Crippen molar-refractivity contribution >= 4 is 23.4 Å². The second kappa shape index (κ2) is 6.72. The number of anilines is 1. The molecule has 0 fully saturated rings. The van der Waals surface area contributed by atoms with Gasteiger partial charge in [0.25, 0.3) is 11.6 Å². The number of hydrogen-bond donors (Lipinski definition) is 1. The van der Waals surface area contributed by atoms with Crippen molar-refractivity contribution < 1.29 is 19.2 Å². The summed E-state index contributed by atoms with van der Waals surface area (Å²) in [5, 5.41) is 22.4. The summed E-state index contributed by atoms with van der Waals surface area (Å²) < 4.78 is 10.5. The first-order valence-electron chi connectivity index (χ1n) is 7.14. The third kappa shape index (κ3) is 3.56. The number of ether oxygens (including phenoxy) is 2. The summed E-state index contributed by atoms with van der Waals surface area (Å²) in [5.41, 5.74) is 0.758. The van der Waals surface area contributed by atoms with E-state index in [1.807, 2.05) is 6.07 Å². The van der Waals surface area contributed by atoms with Crippen LogP contribution in [0, 0.1) is 21.4 Å². The summed E-state index contributed by atoms with van der Waals surface area (Å²) in [7, 11) is 0. The molecule has 2 aromatic rings. The summed E-state index contributed by atoms with van der Waals surface area (Å²) in [6, 6.07) is 12.2. The van der Waals surface area contributed by atoms with Crippen LogP contribution in [0.4, 0.5) is 11.4 Å². The molecule has 0 bridgehead atoms. The van der Waals surface area contributed by atoms with E-state index in [2.05, 4.69) is 5.32 Å². The average Bonchev–Trinajstić information content (AvgIpc) is 3.07. The van der Waals surface area contributed by atoms with E-state index in [0.717, 1.165) is 0 Å². The molecule has 0 aromatic heterocycles. The summed E-state index contributed by atoms with van der Waals surface area (Å²) in [6.07, 6.45) is 1.42. The highest BCUT2D eigenvalue weighted by Gasteiger charge is 2.15. The Morgan fingerprint density at radius 2 is 1.92 bits per heavy atom. The van der Waals surface area contributed by atoms with Gasteiger partial charge < -0.3 is 14.8 Å². The highest BCUT2D eigenvalue weighted by molar-refractivity contribution is 6.09. The van der Waals surface area contributed by atoms with Gasteiger partial charge in [-0.3, -0.25) is 14.9 Å². The first kappa shape index (κ1) is 16.0. The van der Waals surface area contributed by atoms with Crippen LogP contribution in [0.15, 0.2) is 48.0 Å². The summed E-state index contributed by atoms with van der Waals surface area (Å²) in [6.45, 7) is 0.133. The minimum atomic E-state index is -0.617. The van der Waals surface area contributed by atoms with E-state index in [-0.39, 0.29) is 18.1 Å². The van der Waals surface area contributed by atoms with Gasteiger partial charge in [0.1, 0.15) is 11.6 Å². The number of benzene rings is 2. The maximum Gasteiger partial charge on any atom is 0.269 e. The van der Waals surface area contributed by atoms with Crippen molar-refractivity contribution in [1.82, 2.24) is 0 Å². The van der Waals surface area contributed by atoms with E-state index in [0.29, 0.717) is 22.7 Å². The van der Waals surface area contributed by atoms with Gasteiger partial charge in [0, 0.05) is 17.8 Å². The summed E-state index contributed by atoms with van der Waals surface area (Å²) in [5.74, 6) is 0.529. The molecule has 25 heavy (non-hydrogen) atoms. The molecule has 1 heterocycles. The second-order valence-corrected chi connectivity index (χ2v) is 5.04. The Labute approximate surface area is 142 Å². The van der Waals surface area contributed by atoms with Crippen LogP contribution < -0.4 is 14.8 Å². The smallest absolute Gasteiger partial charge is 0.269 e. The van der Waals surface area contributed by atoms with Crippen LogP contribution in [-0.4, -0.2) is 17.6 Å². The number of fused-ring (bicyclic) bond motifs is 1.